The second-order valence-electron chi connectivity index (χ2n) is 11.0. The zero-order valence-electron chi connectivity index (χ0n) is 24.6. The number of hydrogen-bond donors (Lipinski definition) is 3. The van der Waals surface area contributed by atoms with Gasteiger partial charge in [-0.15, -0.1) is 0 Å². The second-order valence-corrected chi connectivity index (χ2v) is 11.0. The van der Waals surface area contributed by atoms with Crippen molar-refractivity contribution in [3.05, 3.63) is 42.5 Å². The van der Waals surface area contributed by atoms with Crippen LogP contribution in [0.3, 0.4) is 0 Å². The van der Waals surface area contributed by atoms with E-state index in [-0.39, 0.29) is 31.7 Å². The molecule has 2 atom stereocenters. The third-order valence-electron chi connectivity index (χ3n) is 5.01. The molecule has 13 heteroatoms. The molecule has 0 bridgehead atoms. The Morgan fingerprint density at radius 1 is 0.976 bits per heavy atom. The van der Waals surface area contributed by atoms with Crippen molar-refractivity contribution in [3.63, 3.8) is 0 Å². The maximum atomic E-state index is 12.5. The molecule has 0 aliphatic carbocycles. The first-order valence-electron chi connectivity index (χ1n) is 12.9. The lowest BCUT2D eigenvalue weighted by Gasteiger charge is -2.28. The van der Waals surface area contributed by atoms with Crippen LogP contribution in [0.2, 0.25) is 0 Å². The first-order valence-corrected chi connectivity index (χ1v) is 12.9. The van der Waals surface area contributed by atoms with Gasteiger partial charge in [0.25, 0.3) is 0 Å². The molecule has 1 aromatic carbocycles. The number of likely N-dealkylation sites (N-methyl/N-ethyl adjacent to an activating group) is 1. The van der Waals surface area contributed by atoms with E-state index < -0.39 is 53.5 Å². The number of benzene rings is 1. The van der Waals surface area contributed by atoms with Gasteiger partial charge < -0.3 is 34.7 Å². The number of alkyl carbamates (subject to hydrolysis) is 1. The van der Waals surface area contributed by atoms with Crippen molar-refractivity contribution in [2.24, 2.45) is 0 Å². The molecule has 13 nitrogen and oxygen atoms in total. The number of carbonyl (C=O) groups is 5. The Hall–Kier alpha value is -4.29. The zero-order valence-corrected chi connectivity index (χ0v) is 24.6. The van der Waals surface area contributed by atoms with E-state index in [1.54, 1.807) is 53.7 Å². The molecule has 3 N–H and O–H groups in total. The zero-order chi connectivity index (χ0) is 31.4. The molecular formula is C28H41N3O10. The minimum absolute atomic E-state index is 0.0300. The second kappa shape index (κ2) is 15.5. The Morgan fingerprint density at radius 2 is 1.56 bits per heavy atom. The largest absolute Gasteiger partial charge is 0.480 e. The normalized spacial score (nSPS) is 12.7. The number of nitrogens with one attached hydrogen (secondary N) is 2. The van der Waals surface area contributed by atoms with Crippen molar-refractivity contribution in [2.45, 2.75) is 77.7 Å². The molecule has 1 rings (SSSR count). The lowest BCUT2D eigenvalue weighted by atomic mass is 10.1. The van der Waals surface area contributed by atoms with Crippen molar-refractivity contribution in [1.82, 2.24) is 15.5 Å². The molecule has 0 aliphatic heterocycles. The highest BCUT2D eigenvalue weighted by molar-refractivity contribution is 5.82. The lowest BCUT2D eigenvalue weighted by molar-refractivity contribution is -0.145. The first-order chi connectivity index (χ1) is 18.9. The summed E-state index contributed by atoms with van der Waals surface area (Å²) in [7, 11) is 1.31. The summed E-state index contributed by atoms with van der Waals surface area (Å²) in [5, 5.41) is 14.4. The maximum Gasteiger partial charge on any atom is 0.412 e. The average molecular weight is 580 g/mol. The average Bonchev–Trinajstić information content (AvgIpc) is 2.83. The van der Waals surface area contributed by atoms with Gasteiger partial charge in [-0.1, -0.05) is 24.8 Å². The summed E-state index contributed by atoms with van der Waals surface area (Å²) in [6.45, 7) is 13.4. The minimum Gasteiger partial charge on any atom is -0.480 e. The molecular weight excluding hydrogens is 538 g/mol. The standard InChI is InChI=1S/C28H41N3O10/c1-9-16-38-23(34)20(30-25(36)40-27(2,3)4)17-18-10-12-19(13-11-18)39-24(35)29-15-14-21(22(32)33)31(8)26(37)41-28(5,6)7/h9-13,20-21H,1,14-17H2,2-8H3,(H,29,35)(H,30,36)(H,32,33). The van der Waals surface area contributed by atoms with Gasteiger partial charge in [0, 0.05) is 20.0 Å². The Labute approximate surface area is 240 Å². The van der Waals surface area contributed by atoms with Crippen molar-refractivity contribution < 1.29 is 48.0 Å². The van der Waals surface area contributed by atoms with Crippen LogP contribution in [0.4, 0.5) is 14.4 Å². The first kappa shape index (κ1) is 34.7. The van der Waals surface area contributed by atoms with Crippen LogP contribution in [-0.2, 0) is 30.2 Å². The Bertz CT molecular complexity index is 1070. The molecule has 0 fully saturated rings. The predicted octanol–water partition coefficient (Wildman–Crippen LogP) is 3.65. The van der Waals surface area contributed by atoms with E-state index in [4.69, 9.17) is 18.9 Å². The molecule has 0 heterocycles. The van der Waals surface area contributed by atoms with Crippen LogP contribution in [0.15, 0.2) is 36.9 Å². The Balaban J connectivity index is 2.73. The van der Waals surface area contributed by atoms with Gasteiger partial charge in [0.05, 0.1) is 0 Å². The molecule has 0 radical (unpaired) electrons. The van der Waals surface area contributed by atoms with Crippen LogP contribution in [0, 0.1) is 0 Å². The number of hydrogen-bond acceptors (Lipinski definition) is 9. The number of carboxylic acids is 1. The number of rotatable bonds is 12. The van der Waals surface area contributed by atoms with Gasteiger partial charge in [-0.3, -0.25) is 4.90 Å². The van der Waals surface area contributed by atoms with E-state index >= 15 is 0 Å². The molecule has 0 aromatic heterocycles. The van der Waals surface area contributed by atoms with E-state index in [1.165, 1.54) is 25.3 Å². The number of esters is 1. The van der Waals surface area contributed by atoms with Gasteiger partial charge in [0.2, 0.25) is 0 Å². The third kappa shape index (κ3) is 14.1. The maximum absolute atomic E-state index is 12.5. The summed E-state index contributed by atoms with van der Waals surface area (Å²) in [4.78, 5) is 61.7. The molecule has 0 aliphatic rings. The highest BCUT2D eigenvalue weighted by Gasteiger charge is 2.30. The fourth-order valence-corrected chi connectivity index (χ4v) is 3.21. The van der Waals surface area contributed by atoms with Gasteiger partial charge in [-0.05, 0) is 65.7 Å². The van der Waals surface area contributed by atoms with Gasteiger partial charge >= 0.3 is 30.2 Å². The van der Waals surface area contributed by atoms with E-state index in [1.807, 2.05) is 0 Å². The van der Waals surface area contributed by atoms with Crippen LogP contribution >= 0.6 is 0 Å². The summed E-state index contributed by atoms with van der Waals surface area (Å²) in [5.41, 5.74) is -0.929. The number of ether oxygens (including phenoxy) is 4. The summed E-state index contributed by atoms with van der Waals surface area (Å²) in [6.07, 6.45) is -1.03. The third-order valence-corrected chi connectivity index (χ3v) is 5.01. The van der Waals surface area contributed by atoms with Crippen molar-refractivity contribution in [2.75, 3.05) is 20.2 Å². The van der Waals surface area contributed by atoms with Crippen molar-refractivity contribution >= 4 is 30.2 Å². The molecule has 0 saturated carbocycles. The highest BCUT2D eigenvalue weighted by Crippen LogP contribution is 2.16. The topological polar surface area (TPSA) is 170 Å². The monoisotopic (exact) mass is 579 g/mol. The molecule has 0 spiro atoms. The van der Waals surface area contributed by atoms with Gasteiger partial charge in [-0.25, -0.2) is 24.0 Å². The van der Waals surface area contributed by atoms with Crippen LogP contribution < -0.4 is 15.4 Å². The molecule has 2 unspecified atom stereocenters. The Kier molecular flexibility index (Phi) is 13.1. The minimum atomic E-state index is -1.25. The quantitative estimate of drug-likeness (QED) is 0.189. The Morgan fingerprint density at radius 3 is 2.07 bits per heavy atom. The molecule has 1 aromatic rings. The summed E-state index contributed by atoms with van der Waals surface area (Å²) in [5.74, 6) is -1.75. The fourth-order valence-electron chi connectivity index (χ4n) is 3.21. The number of nitrogens with zero attached hydrogens (tertiary/aromatic N) is 1. The molecule has 3 amide bonds. The smallest absolute Gasteiger partial charge is 0.412 e. The molecule has 0 saturated heterocycles. The number of carboxylic acid groups (broad SMARTS) is 1. The number of carbonyl (C=O) groups excluding carboxylic acids is 4. The lowest BCUT2D eigenvalue weighted by Crippen LogP contribution is -2.46. The highest BCUT2D eigenvalue weighted by atomic mass is 16.6. The van der Waals surface area contributed by atoms with Gasteiger partial charge in [0.1, 0.15) is 35.6 Å². The summed E-state index contributed by atoms with van der Waals surface area (Å²) >= 11 is 0. The van der Waals surface area contributed by atoms with Crippen LogP contribution in [0.5, 0.6) is 5.75 Å². The van der Waals surface area contributed by atoms with E-state index in [2.05, 4.69) is 17.2 Å². The van der Waals surface area contributed by atoms with Crippen molar-refractivity contribution in [3.8, 4) is 5.75 Å². The van der Waals surface area contributed by atoms with Gasteiger partial charge in [-0.2, -0.15) is 0 Å². The number of aliphatic carboxylic acids is 1. The van der Waals surface area contributed by atoms with Crippen LogP contribution in [0.1, 0.15) is 53.5 Å². The predicted molar refractivity (Wildman–Crippen MR) is 149 cm³/mol. The van der Waals surface area contributed by atoms with E-state index in [0.717, 1.165) is 4.90 Å². The van der Waals surface area contributed by atoms with Gasteiger partial charge in [0.15, 0.2) is 0 Å². The van der Waals surface area contributed by atoms with E-state index in [9.17, 15) is 29.1 Å². The molecule has 228 valence electrons. The van der Waals surface area contributed by atoms with E-state index in [0.29, 0.717) is 5.56 Å². The summed E-state index contributed by atoms with van der Waals surface area (Å²) < 4.78 is 20.7. The van der Waals surface area contributed by atoms with Crippen LogP contribution in [-0.4, -0.2) is 83.7 Å². The van der Waals surface area contributed by atoms with Crippen LogP contribution in [0.25, 0.3) is 0 Å². The fraction of sp³-hybridized carbons (Fsp3) is 0.536. The number of amides is 3. The van der Waals surface area contributed by atoms with Crippen molar-refractivity contribution in [1.29, 1.82) is 0 Å². The molecule has 41 heavy (non-hydrogen) atoms. The SMILES string of the molecule is C=CCOC(=O)C(Cc1ccc(OC(=O)NCCC(C(=O)O)N(C)C(=O)OC(C)(C)C)cc1)NC(=O)OC(C)(C)C. The summed E-state index contributed by atoms with van der Waals surface area (Å²) in [6, 6.07) is 3.91.